The average molecular weight is 556 g/mol. The number of rotatable bonds is 8. The predicted molar refractivity (Wildman–Crippen MR) is 142 cm³/mol. The summed E-state index contributed by atoms with van der Waals surface area (Å²) in [5, 5.41) is 5.39. The first-order valence-corrected chi connectivity index (χ1v) is 14.1. The lowest BCUT2D eigenvalue weighted by Crippen LogP contribution is -2.52. The molecule has 2 heterocycles. The molecule has 1 fully saturated rings. The van der Waals surface area contributed by atoms with Gasteiger partial charge in [-0.05, 0) is 49.4 Å². The maximum Gasteiger partial charge on any atom is 0.272 e. The maximum atomic E-state index is 14.2. The Kier molecular flexibility index (Phi) is 8.66. The van der Waals surface area contributed by atoms with Crippen LogP contribution in [0.15, 0.2) is 59.6 Å². The number of nitrogens with zero attached hydrogens (tertiary/aromatic N) is 3. The van der Waals surface area contributed by atoms with Gasteiger partial charge >= 0.3 is 0 Å². The molecule has 1 aromatic heterocycles. The minimum absolute atomic E-state index is 0.00156. The van der Waals surface area contributed by atoms with Crippen LogP contribution in [0.4, 0.5) is 4.39 Å². The van der Waals surface area contributed by atoms with Crippen LogP contribution in [0, 0.1) is 11.7 Å². The SMILES string of the molecule is CC(C)C[C@H](NC(=O)c1cnc2ccccc2n1)C(=O)N[C@H]1CCCN(S(=O)(=O)c2ccccc2F)CC1=O. The number of fused-ring (bicyclic) bond motifs is 1. The Morgan fingerprint density at radius 1 is 1.10 bits per heavy atom. The summed E-state index contributed by atoms with van der Waals surface area (Å²) in [7, 11) is -4.24. The topological polar surface area (TPSA) is 138 Å². The fourth-order valence-corrected chi connectivity index (χ4v) is 5.93. The molecule has 1 saturated heterocycles. The Bertz CT molecular complexity index is 1500. The Morgan fingerprint density at radius 3 is 2.51 bits per heavy atom. The summed E-state index contributed by atoms with van der Waals surface area (Å²) in [5.41, 5.74) is 1.22. The van der Waals surface area contributed by atoms with Crippen molar-refractivity contribution in [3.63, 3.8) is 0 Å². The summed E-state index contributed by atoms with van der Waals surface area (Å²) >= 11 is 0. The molecule has 1 aliphatic heterocycles. The van der Waals surface area contributed by atoms with Crippen LogP contribution >= 0.6 is 0 Å². The number of hydrogen-bond donors (Lipinski definition) is 2. The van der Waals surface area contributed by atoms with Crippen LogP contribution in [0.3, 0.4) is 0 Å². The van der Waals surface area contributed by atoms with Gasteiger partial charge in [0.15, 0.2) is 5.78 Å². The van der Waals surface area contributed by atoms with Gasteiger partial charge in [-0.2, -0.15) is 4.31 Å². The van der Waals surface area contributed by atoms with Crippen molar-refractivity contribution in [3.8, 4) is 0 Å². The van der Waals surface area contributed by atoms with E-state index in [4.69, 9.17) is 0 Å². The molecule has 3 aromatic rings. The maximum absolute atomic E-state index is 14.2. The minimum atomic E-state index is -4.24. The molecule has 4 rings (SSSR count). The number of sulfonamides is 1. The van der Waals surface area contributed by atoms with E-state index in [1.165, 1.54) is 18.3 Å². The molecule has 2 N–H and O–H groups in total. The third kappa shape index (κ3) is 6.63. The lowest BCUT2D eigenvalue weighted by molar-refractivity contribution is -0.129. The Labute approximate surface area is 226 Å². The van der Waals surface area contributed by atoms with Crippen LogP contribution in [0.1, 0.15) is 43.6 Å². The molecule has 2 atom stereocenters. The fourth-order valence-electron chi connectivity index (χ4n) is 4.42. The number of carbonyl (C=O) groups is 3. The van der Waals surface area contributed by atoms with Crippen molar-refractivity contribution < 1.29 is 27.2 Å². The number of hydrogen-bond acceptors (Lipinski definition) is 7. The van der Waals surface area contributed by atoms with E-state index >= 15 is 0 Å². The van der Waals surface area contributed by atoms with Gasteiger partial charge in [0.05, 0.1) is 29.8 Å². The van der Waals surface area contributed by atoms with Crippen molar-refractivity contribution in [1.29, 1.82) is 0 Å². The molecular formula is C27H30FN5O5S. The van der Waals surface area contributed by atoms with E-state index in [-0.39, 0.29) is 31.0 Å². The van der Waals surface area contributed by atoms with Crippen LogP contribution in [-0.4, -0.2) is 65.5 Å². The van der Waals surface area contributed by atoms with Crippen molar-refractivity contribution >= 4 is 38.7 Å². The highest BCUT2D eigenvalue weighted by Gasteiger charge is 2.35. The molecule has 2 aromatic carbocycles. The Balaban J connectivity index is 1.45. The van der Waals surface area contributed by atoms with Gasteiger partial charge in [-0.3, -0.25) is 19.4 Å². The monoisotopic (exact) mass is 555 g/mol. The zero-order valence-corrected chi connectivity index (χ0v) is 22.4. The summed E-state index contributed by atoms with van der Waals surface area (Å²) in [6.45, 7) is 3.28. The number of para-hydroxylation sites is 2. The van der Waals surface area contributed by atoms with Gasteiger partial charge in [-0.25, -0.2) is 17.8 Å². The molecule has 0 bridgehead atoms. The van der Waals surface area contributed by atoms with Crippen LogP contribution in [0.5, 0.6) is 0 Å². The highest BCUT2D eigenvalue weighted by Crippen LogP contribution is 2.22. The van der Waals surface area contributed by atoms with Gasteiger partial charge < -0.3 is 10.6 Å². The average Bonchev–Trinajstić information content (AvgIpc) is 3.09. The number of nitrogens with one attached hydrogen (secondary N) is 2. The molecule has 1 aliphatic rings. The van der Waals surface area contributed by atoms with Crippen molar-refractivity contribution in [3.05, 3.63) is 66.2 Å². The predicted octanol–water partition coefficient (Wildman–Crippen LogP) is 2.45. The summed E-state index contributed by atoms with van der Waals surface area (Å²) in [4.78, 5) is 47.3. The lowest BCUT2D eigenvalue weighted by Gasteiger charge is -2.23. The zero-order valence-electron chi connectivity index (χ0n) is 21.6. The summed E-state index contributed by atoms with van der Waals surface area (Å²) in [6.07, 6.45) is 2.11. The molecule has 0 unspecified atom stereocenters. The largest absolute Gasteiger partial charge is 0.344 e. The number of benzene rings is 2. The van der Waals surface area contributed by atoms with Gasteiger partial charge in [-0.1, -0.05) is 38.1 Å². The van der Waals surface area contributed by atoms with Crippen LogP contribution < -0.4 is 10.6 Å². The number of halogens is 1. The summed E-state index contributed by atoms with van der Waals surface area (Å²) in [6, 6.07) is 10.2. The molecular weight excluding hydrogens is 525 g/mol. The molecule has 2 amide bonds. The smallest absolute Gasteiger partial charge is 0.272 e. The molecule has 0 radical (unpaired) electrons. The van der Waals surface area contributed by atoms with E-state index in [0.717, 1.165) is 16.4 Å². The molecule has 206 valence electrons. The minimum Gasteiger partial charge on any atom is -0.344 e. The van der Waals surface area contributed by atoms with E-state index < -0.39 is 57.0 Å². The van der Waals surface area contributed by atoms with E-state index in [1.54, 1.807) is 18.2 Å². The molecule has 12 heteroatoms. The Morgan fingerprint density at radius 2 is 1.79 bits per heavy atom. The second-order valence-electron chi connectivity index (χ2n) is 9.84. The number of Topliss-reactive ketones (excluding diaryl/α,β-unsaturated/α-hetero) is 1. The van der Waals surface area contributed by atoms with E-state index in [2.05, 4.69) is 20.6 Å². The molecule has 39 heavy (non-hydrogen) atoms. The molecule has 0 saturated carbocycles. The van der Waals surface area contributed by atoms with E-state index in [0.29, 0.717) is 17.5 Å². The van der Waals surface area contributed by atoms with E-state index in [9.17, 15) is 27.2 Å². The molecule has 10 nitrogen and oxygen atoms in total. The normalized spacial score (nSPS) is 17.5. The molecule has 0 spiro atoms. The quantitative estimate of drug-likeness (QED) is 0.435. The molecule has 0 aliphatic carbocycles. The van der Waals surface area contributed by atoms with Crippen LogP contribution in [-0.2, 0) is 19.6 Å². The van der Waals surface area contributed by atoms with Gasteiger partial charge in [0, 0.05) is 6.54 Å². The van der Waals surface area contributed by atoms with Crippen LogP contribution in [0.2, 0.25) is 0 Å². The van der Waals surface area contributed by atoms with Crippen molar-refractivity contribution in [2.24, 2.45) is 5.92 Å². The first kappa shape index (κ1) is 28.2. The van der Waals surface area contributed by atoms with Gasteiger partial charge in [0.25, 0.3) is 5.91 Å². The zero-order chi connectivity index (χ0) is 28.2. The van der Waals surface area contributed by atoms with E-state index in [1.807, 2.05) is 19.9 Å². The second-order valence-corrected chi connectivity index (χ2v) is 11.7. The summed E-state index contributed by atoms with van der Waals surface area (Å²) < 4.78 is 41.1. The fraction of sp³-hybridized carbons (Fsp3) is 0.370. The first-order chi connectivity index (χ1) is 18.6. The van der Waals surface area contributed by atoms with Crippen molar-refractivity contribution in [1.82, 2.24) is 24.9 Å². The first-order valence-electron chi connectivity index (χ1n) is 12.7. The van der Waals surface area contributed by atoms with Gasteiger partial charge in [0.2, 0.25) is 15.9 Å². The third-order valence-corrected chi connectivity index (χ3v) is 8.28. The number of ketones is 1. The number of aromatic nitrogens is 2. The standard InChI is InChI=1S/C27H30FN5O5S/c1-17(2)14-22(32-27(36)23-15-29-19-9-4-5-10-20(19)30-23)26(35)31-21-11-7-13-33(16-24(21)34)39(37,38)25-12-6-3-8-18(25)28/h3-6,8-10,12,15,17,21-22H,7,11,13-14,16H2,1-2H3,(H,31,35)(H,32,36)/t21-,22-/m0/s1. The lowest BCUT2D eigenvalue weighted by atomic mass is 10.0. The van der Waals surface area contributed by atoms with Gasteiger partial charge in [0.1, 0.15) is 22.4 Å². The van der Waals surface area contributed by atoms with Crippen LogP contribution in [0.25, 0.3) is 11.0 Å². The highest BCUT2D eigenvalue weighted by atomic mass is 32.2. The number of amides is 2. The third-order valence-electron chi connectivity index (χ3n) is 6.40. The highest BCUT2D eigenvalue weighted by molar-refractivity contribution is 7.89. The second kappa shape index (κ2) is 12.0. The van der Waals surface area contributed by atoms with Crippen molar-refractivity contribution in [2.75, 3.05) is 13.1 Å². The summed E-state index contributed by atoms with van der Waals surface area (Å²) in [5.74, 6) is -2.52. The van der Waals surface area contributed by atoms with Gasteiger partial charge in [-0.15, -0.1) is 0 Å². The van der Waals surface area contributed by atoms with Crippen molar-refractivity contribution in [2.45, 2.75) is 50.1 Å². The number of carbonyl (C=O) groups excluding carboxylic acids is 3. The Hall–Kier alpha value is -3.77.